The highest BCUT2D eigenvalue weighted by Gasteiger charge is 2.27. The Kier molecular flexibility index (Phi) is 3.75. The molecule has 1 aliphatic rings. The predicted molar refractivity (Wildman–Crippen MR) is 57.4 cm³/mol. The molecule has 0 aromatic carbocycles. The van der Waals surface area contributed by atoms with Crippen LogP contribution in [0, 0.1) is 11.8 Å². The van der Waals surface area contributed by atoms with Crippen LogP contribution in [0.4, 0.5) is 0 Å². The summed E-state index contributed by atoms with van der Waals surface area (Å²) in [5.41, 5.74) is 5.55. The van der Waals surface area contributed by atoms with Gasteiger partial charge in [0, 0.05) is 25.0 Å². The molecule has 0 amide bonds. The van der Waals surface area contributed by atoms with Gasteiger partial charge in [-0.1, -0.05) is 19.0 Å². The van der Waals surface area contributed by atoms with Crippen LogP contribution in [0.15, 0.2) is 5.16 Å². The average Bonchev–Trinajstić information content (AvgIpc) is 2.44. The number of likely N-dealkylation sites (tertiary alicyclic amines) is 1. The van der Waals surface area contributed by atoms with Crippen LogP contribution in [0.2, 0.25) is 0 Å². The maximum absolute atomic E-state index is 8.54. The first-order valence-electron chi connectivity index (χ1n) is 5.26. The van der Waals surface area contributed by atoms with Gasteiger partial charge in [0.2, 0.25) is 0 Å². The summed E-state index contributed by atoms with van der Waals surface area (Å²) in [4.78, 5) is 2.41. The van der Waals surface area contributed by atoms with Crippen LogP contribution < -0.4 is 5.73 Å². The van der Waals surface area contributed by atoms with Gasteiger partial charge < -0.3 is 10.9 Å². The van der Waals surface area contributed by atoms with Crippen LogP contribution >= 0.6 is 0 Å². The quantitative estimate of drug-likeness (QED) is 0.310. The molecular weight excluding hydrogens is 178 g/mol. The van der Waals surface area contributed by atoms with Gasteiger partial charge in [-0.3, -0.25) is 4.90 Å². The third-order valence-electron chi connectivity index (χ3n) is 3.04. The van der Waals surface area contributed by atoms with E-state index < -0.39 is 0 Å². The van der Waals surface area contributed by atoms with Gasteiger partial charge in [-0.15, -0.1) is 0 Å². The van der Waals surface area contributed by atoms with Gasteiger partial charge in [-0.25, -0.2) is 0 Å². The van der Waals surface area contributed by atoms with E-state index >= 15 is 0 Å². The Morgan fingerprint density at radius 1 is 1.64 bits per heavy atom. The fourth-order valence-corrected chi connectivity index (χ4v) is 2.18. The van der Waals surface area contributed by atoms with E-state index in [0.29, 0.717) is 11.9 Å². The molecule has 1 heterocycles. The number of amidine groups is 1. The first kappa shape index (κ1) is 11.3. The van der Waals surface area contributed by atoms with Crippen LogP contribution in [0.1, 0.15) is 27.2 Å². The molecular formula is C10H21N3O. The Hall–Kier alpha value is -0.770. The second kappa shape index (κ2) is 4.64. The lowest BCUT2D eigenvalue weighted by atomic mass is 10.1. The third-order valence-corrected chi connectivity index (χ3v) is 3.04. The van der Waals surface area contributed by atoms with E-state index in [1.165, 1.54) is 6.42 Å². The van der Waals surface area contributed by atoms with Crippen molar-refractivity contribution in [1.82, 2.24) is 4.90 Å². The molecule has 3 unspecified atom stereocenters. The number of oxime groups is 1. The molecule has 0 saturated carbocycles. The zero-order valence-corrected chi connectivity index (χ0v) is 9.27. The standard InChI is InChI=1S/C10H21N3O/c1-7-4-9(3)13(5-7)6-8(2)10(11)12-14/h7-9,14H,4-6H2,1-3H3,(H2,11,12). The number of hydrogen-bond acceptors (Lipinski definition) is 3. The van der Waals surface area contributed by atoms with Gasteiger partial charge >= 0.3 is 0 Å². The molecule has 1 saturated heterocycles. The van der Waals surface area contributed by atoms with E-state index in [9.17, 15) is 0 Å². The lowest BCUT2D eigenvalue weighted by Gasteiger charge is -2.24. The van der Waals surface area contributed by atoms with E-state index in [0.717, 1.165) is 19.0 Å². The Bertz CT molecular complexity index is 217. The Labute approximate surface area is 85.8 Å². The van der Waals surface area contributed by atoms with E-state index in [1.807, 2.05) is 6.92 Å². The molecule has 0 radical (unpaired) electrons. The maximum Gasteiger partial charge on any atom is 0.143 e. The summed E-state index contributed by atoms with van der Waals surface area (Å²) in [5.74, 6) is 1.23. The van der Waals surface area contributed by atoms with Crippen LogP contribution in [0.25, 0.3) is 0 Å². The predicted octanol–water partition coefficient (Wildman–Crippen LogP) is 1.10. The normalized spacial score (nSPS) is 32.1. The van der Waals surface area contributed by atoms with Gasteiger partial charge in [0.1, 0.15) is 5.84 Å². The van der Waals surface area contributed by atoms with Crippen molar-refractivity contribution in [2.75, 3.05) is 13.1 Å². The molecule has 1 aliphatic heterocycles. The second-order valence-electron chi connectivity index (χ2n) is 4.57. The third kappa shape index (κ3) is 2.61. The minimum absolute atomic E-state index is 0.132. The van der Waals surface area contributed by atoms with E-state index in [4.69, 9.17) is 10.9 Å². The molecule has 0 bridgehead atoms. The van der Waals surface area contributed by atoms with Crippen molar-refractivity contribution in [1.29, 1.82) is 0 Å². The average molecular weight is 199 g/mol. The molecule has 82 valence electrons. The molecule has 0 spiro atoms. The molecule has 3 N–H and O–H groups in total. The van der Waals surface area contributed by atoms with Crippen molar-refractivity contribution < 1.29 is 5.21 Å². The SMILES string of the molecule is CC1CC(C)N(CC(C)C(N)=NO)C1. The highest BCUT2D eigenvalue weighted by molar-refractivity contribution is 5.82. The second-order valence-corrected chi connectivity index (χ2v) is 4.57. The van der Waals surface area contributed by atoms with Gasteiger partial charge in [-0.2, -0.15) is 0 Å². The summed E-state index contributed by atoms with van der Waals surface area (Å²) in [7, 11) is 0. The van der Waals surface area contributed by atoms with E-state index in [1.54, 1.807) is 0 Å². The van der Waals surface area contributed by atoms with Gasteiger partial charge in [0.05, 0.1) is 0 Å². The molecule has 0 aromatic rings. The zero-order chi connectivity index (χ0) is 10.7. The van der Waals surface area contributed by atoms with Crippen molar-refractivity contribution in [2.45, 2.75) is 33.2 Å². The van der Waals surface area contributed by atoms with Crippen LogP contribution in [-0.2, 0) is 0 Å². The van der Waals surface area contributed by atoms with Gasteiger partial charge in [-0.05, 0) is 19.3 Å². The highest BCUT2D eigenvalue weighted by atomic mass is 16.4. The summed E-state index contributed by atoms with van der Waals surface area (Å²) >= 11 is 0. The Morgan fingerprint density at radius 3 is 2.71 bits per heavy atom. The van der Waals surface area contributed by atoms with Gasteiger partial charge in [0.15, 0.2) is 0 Å². The first-order valence-corrected chi connectivity index (χ1v) is 5.26. The monoisotopic (exact) mass is 199 g/mol. The fourth-order valence-electron chi connectivity index (χ4n) is 2.18. The lowest BCUT2D eigenvalue weighted by Crippen LogP contribution is -2.36. The van der Waals surface area contributed by atoms with Crippen molar-refractivity contribution in [2.24, 2.45) is 22.7 Å². The van der Waals surface area contributed by atoms with Crippen molar-refractivity contribution in [3.63, 3.8) is 0 Å². The number of nitrogens with zero attached hydrogens (tertiary/aromatic N) is 2. The molecule has 4 nitrogen and oxygen atoms in total. The molecule has 4 heteroatoms. The molecule has 3 atom stereocenters. The number of nitrogens with two attached hydrogens (primary N) is 1. The highest BCUT2D eigenvalue weighted by Crippen LogP contribution is 2.22. The lowest BCUT2D eigenvalue weighted by molar-refractivity contribution is 0.245. The van der Waals surface area contributed by atoms with Gasteiger partial charge in [0.25, 0.3) is 0 Å². The summed E-state index contributed by atoms with van der Waals surface area (Å²) < 4.78 is 0. The largest absolute Gasteiger partial charge is 0.409 e. The first-order chi connectivity index (χ1) is 6.54. The summed E-state index contributed by atoms with van der Waals surface area (Å²) in [5, 5.41) is 11.6. The number of hydrogen-bond donors (Lipinski definition) is 2. The summed E-state index contributed by atoms with van der Waals surface area (Å²) in [6.07, 6.45) is 1.25. The van der Waals surface area contributed by atoms with E-state index in [2.05, 4.69) is 23.9 Å². The van der Waals surface area contributed by atoms with Crippen LogP contribution in [0.5, 0.6) is 0 Å². The smallest absolute Gasteiger partial charge is 0.143 e. The van der Waals surface area contributed by atoms with Crippen molar-refractivity contribution >= 4 is 5.84 Å². The summed E-state index contributed by atoms with van der Waals surface area (Å²) in [6, 6.07) is 0.624. The molecule has 0 aromatic heterocycles. The Balaban J connectivity index is 2.44. The number of rotatable bonds is 3. The fraction of sp³-hybridized carbons (Fsp3) is 0.900. The Morgan fingerprint density at radius 2 is 2.29 bits per heavy atom. The topological polar surface area (TPSA) is 61.8 Å². The van der Waals surface area contributed by atoms with E-state index in [-0.39, 0.29) is 5.92 Å². The molecule has 1 rings (SSSR count). The van der Waals surface area contributed by atoms with Crippen LogP contribution in [-0.4, -0.2) is 35.1 Å². The van der Waals surface area contributed by atoms with Crippen LogP contribution in [0.3, 0.4) is 0 Å². The molecule has 1 fully saturated rings. The van der Waals surface area contributed by atoms with Crippen molar-refractivity contribution in [3.05, 3.63) is 0 Å². The molecule has 0 aliphatic carbocycles. The minimum Gasteiger partial charge on any atom is -0.409 e. The zero-order valence-electron chi connectivity index (χ0n) is 9.27. The van der Waals surface area contributed by atoms with Crippen molar-refractivity contribution in [3.8, 4) is 0 Å². The summed E-state index contributed by atoms with van der Waals surface area (Å²) in [6.45, 7) is 8.52. The maximum atomic E-state index is 8.54. The molecule has 14 heavy (non-hydrogen) atoms. The minimum atomic E-state index is 0.132.